The van der Waals surface area contributed by atoms with Crippen LogP contribution in [-0.4, -0.2) is 54.2 Å². The highest BCUT2D eigenvalue weighted by Crippen LogP contribution is 2.18. The molecular formula is C12H22N2O4. The van der Waals surface area contributed by atoms with E-state index in [2.05, 4.69) is 0 Å². The Bertz CT molecular complexity index is 296. The smallest absolute Gasteiger partial charge is 0.326 e. The molecule has 18 heavy (non-hydrogen) atoms. The summed E-state index contributed by atoms with van der Waals surface area (Å²) < 4.78 is 4.88. The van der Waals surface area contributed by atoms with Crippen LogP contribution in [0.3, 0.4) is 0 Å². The second-order valence-corrected chi connectivity index (χ2v) is 4.62. The summed E-state index contributed by atoms with van der Waals surface area (Å²) in [5, 5.41) is 9.18. The molecule has 1 rings (SSSR count). The molecule has 104 valence electrons. The second-order valence-electron chi connectivity index (χ2n) is 4.62. The monoisotopic (exact) mass is 258 g/mol. The van der Waals surface area contributed by atoms with E-state index < -0.39 is 18.1 Å². The van der Waals surface area contributed by atoms with Crippen molar-refractivity contribution in [3.8, 4) is 0 Å². The summed E-state index contributed by atoms with van der Waals surface area (Å²) in [6.45, 7) is 0.884. The largest absolute Gasteiger partial charge is 0.480 e. The van der Waals surface area contributed by atoms with Gasteiger partial charge in [0.1, 0.15) is 6.04 Å². The van der Waals surface area contributed by atoms with Crippen molar-refractivity contribution in [2.75, 3.05) is 20.3 Å². The molecule has 0 spiro atoms. The van der Waals surface area contributed by atoms with E-state index in [9.17, 15) is 14.7 Å². The molecule has 0 aromatic heterocycles. The van der Waals surface area contributed by atoms with Crippen molar-refractivity contribution in [2.45, 2.75) is 44.2 Å². The molecule has 0 bridgehead atoms. The van der Waals surface area contributed by atoms with Gasteiger partial charge in [0.2, 0.25) is 5.91 Å². The fourth-order valence-corrected chi connectivity index (χ4v) is 2.21. The Morgan fingerprint density at radius 1 is 1.44 bits per heavy atom. The molecule has 3 N–H and O–H groups in total. The lowest BCUT2D eigenvalue weighted by Crippen LogP contribution is -2.51. The first kappa shape index (κ1) is 14.9. The SMILES string of the molecule is COCCC(N)C(=O)N1CCCCCC1C(=O)O. The van der Waals surface area contributed by atoms with Crippen LogP contribution in [0.1, 0.15) is 32.1 Å². The Hall–Kier alpha value is -1.14. The van der Waals surface area contributed by atoms with E-state index in [-0.39, 0.29) is 5.91 Å². The summed E-state index contributed by atoms with van der Waals surface area (Å²) in [5.41, 5.74) is 5.78. The third-order valence-corrected chi connectivity index (χ3v) is 3.27. The van der Waals surface area contributed by atoms with E-state index in [1.165, 1.54) is 4.90 Å². The van der Waals surface area contributed by atoms with Crippen molar-refractivity contribution >= 4 is 11.9 Å². The Morgan fingerprint density at radius 2 is 2.17 bits per heavy atom. The van der Waals surface area contributed by atoms with Crippen LogP contribution < -0.4 is 5.73 Å². The summed E-state index contributed by atoms with van der Waals surface area (Å²) in [5.74, 6) is -1.22. The molecule has 0 saturated carbocycles. The Kier molecular flexibility index (Phi) is 6.07. The van der Waals surface area contributed by atoms with Gasteiger partial charge in [-0.3, -0.25) is 4.79 Å². The molecule has 1 fully saturated rings. The average Bonchev–Trinajstić information content (AvgIpc) is 2.60. The topological polar surface area (TPSA) is 92.9 Å². The number of methoxy groups -OCH3 is 1. The number of amides is 1. The van der Waals surface area contributed by atoms with Gasteiger partial charge in [0.25, 0.3) is 0 Å². The van der Waals surface area contributed by atoms with Gasteiger partial charge in [-0.15, -0.1) is 0 Å². The minimum Gasteiger partial charge on any atom is -0.480 e. The number of carbonyl (C=O) groups excluding carboxylic acids is 1. The summed E-state index contributed by atoms with van der Waals surface area (Å²) >= 11 is 0. The number of likely N-dealkylation sites (tertiary alicyclic amines) is 1. The third-order valence-electron chi connectivity index (χ3n) is 3.27. The highest BCUT2D eigenvalue weighted by atomic mass is 16.5. The Balaban J connectivity index is 2.68. The van der Waals surface area contributed by atoms with E-state index in [4.69, 9.17) is 10.5 Å². The number of hydrogen-bond acceptors (Lipinski definition) is 4. The average molecular weight is 258 g/mol. The number of rotatable bonds is 5. The maximum absolute atomic E-state index is 12.2. The summed E-state index contributed by atoms with van der Waals surface area (Å²) in [4.78, 5) is 24.8. The van der Waals surface area contributed by atoms with Crippen LogP contribution in [-0.2, 0) is 14.3 Å². The van der Waals surface area contributed by atoms with Crippen LogP contribution in [0.2, 0.25) is 0 Å². The molecule has 1 amide bonds. The zero-order valence-corrected chi connectivity index (χ0v) is 10.8. The summed E-state index contributed by atoms with van der Waals surface area (Å²) in [7, 11) is 1.54. The highest BCUT2D eigenvalue weighted by molar-refractivity contribution is 5.87. The molecule has 0 aliphatic carbocycles. The van der Waals surface area contributed by atoms with Crippen molar-refractivity contribution in [1.29, 1.82) is 0 Å². The lowest BCUT2D eigenvalue weighted by molar-refractivity contribution is -0.150. The Morgan fingerprint density at radius 3 is 2.78 bits per heavy atom. The van der Waals surface area contributed by atoms with Crippen LogP contribution >= 0.6 is 0 Å². The zero-order valence-electron chi connectivity index (χ0n) is 10.8. The van der Waals surface area contributed by atoms with Gasteiger partial charge in [0.15, 0.2) is 0 Å². The molecule has 0 aromatic rings. The molecule has 1 aliphatic rings. The third kappa shape index (κ3) is 3.96. The first-order chi connectivity index (χ1) is 8.57. The van der Waals surface area contributed by atoms with Gasteiger partial charge in [-0.1, -0.05) is 12.8 Å². The van der Waals surface area contributed by atoms with Gasteiger partial charge < -0.3 is 20.5 Å². The predicted octanol–water partition coefficient (Wildman–Crippen LogP) is 0.206. The quantitative estimate of drug-likeness (QED) is 0.735. The van der Waals surface area contributed by atoms with Crippen LogP contribution in [0.25, 0.3) is 0 Å². The normalized spacial score (nSPS) is 22.3. The predicted molar refractivity (Wildman–Crippen MR) is 66.1 cm³/mol. The van der Waals surface area contributed by atoms with Crippen molar-refractivity contribution in [3.05, 3.63) is 0 Å². The number of nitrogens with two attached hydrogens (primary N) is 1. The molecule has 0 aromatic carbocycles. The van der Waals surface area contributed by atoms with Gasteiger partial charge >= 0.3 is 5.97 Å². The van der Waals surface area contributed by atoms with E-state index >= 15 is 0 Å². The maximum Gasteiger partial charge on any atom is 0.326 e. The van der Waals surface area contributed by atoms with Gasteiger partial charge in [0.05, 0.1) is 6.04 Å². The molecule has 2 atom stereocenters. The molecular weight excluding hydrogens is 236 g/mol. The van der Waals surface area contributed by atoms with Gasteiger partial charge in [-0.25, -0.2) is 4.79 Å². The summed E-state index contributed by atoms with van der Waals surface area (Å²) in [6.07, 6.45) is 3.57. The van der Waals surface area contributed by atoms with Crippen molar-refractivity contribution in [1.82, 2.24) is 4.90 Å². The molecule has 0 radical (unpaired) electrons. The molecule has 6 heteroatoms. The van der Waals surface area contributed by atoms with E-state index in [0.717, 1.165) is 19.3 Å². The minimum absolute atomic E-state index is 0.277. The van der Waals surface area contributed by atoms with Crippen LogP contribution in [0.15, 0.2) is 0 Å². The molecule has 1 saturated heterocycles. The number of carbonyl (C=O) groups is 2. The molecule has 2 unspecified atom stereocenters. The number of ether oxygens (including phenoxy) is 1. The van der Waals surface area contributed by atoms with Crippen LogP contribution in [0.5, 0.6) is 0 Å². The van der Waals surface area contributed by atoms with E-state index in [1.807, 2.05) is 0 Å². The first-order valence-electron chi connectivity index (χ1n) is 6.35. The van der Waals surface area contributed by atoms with E-state index in [1.54, 1.807) is 7.11 Å². The number of aliphatic carboxylic acids is 1. The fraction of sp³-hybridized carbons (Fsp3) is 0.833. The van der Waals surface area contributed by atoms with Crippen molar-refractivity contribution in [2.24, 2.45) is 5.73 Å². The first-order valence-corrected chi connectivity index (χ1v) is 6.35. The van der Waals surface area contributed by atoms with Gasteiger partial charge in [-0.05, 0) is 19.3 Å². The maximum atomic E-state index is 12.2. The lowest BCUT2D eigenvalue weighted by Gasteiger charge is -2.29. The molecule has 1 heterocycles. The zero-order chi connectivity index (χ0) is 13.5. The fourth-order valence-electron chi connectivity index (χ4n) is 2.21. The molecule has 1 aliphatic heterocycles. The van der Waals surface area contributed by atoms with Gasteiger partial charge in [0, 0.05) is 20.3 Å². The molecule has 6 nitrogen and oxygen atoms in total. The standard InChI is InChI=1S/C12H22N2O4/c1-18-8-6-9(13)11(15)14-7-4-2-3-5-10(14)12(16)17/h9-10H,2-8,13H2,1H3,(H,16,17). The minimum atomic E-state index is -0.941. The number of carboxylic acids is 1. The van der Waals surface area contributed by atoms with Crippen LogP contribution in [0, 0.1) is 0 Å². The number of hydrogen-bond donors (Lipinski definition) is 2. The lowest BCUT2D eigenvalue weighted by atomic mass is 10.1. The number of carboxylic acid groups (broad SMARTS) is 1. The number of nitrogens with zero attached hydrogens (tertiary/aromatic N) is 1. The van der Waals surface area contributed by atoms with Gasteiger partial charge in [-0.2, -0.15) is 0 Å². The van der Waals surface area contributed by atoms with Crippen molar-refractivity contribution in [3.63, 3.8) is 0 Å². The van der Waals surface area contributed by atoms with E-state index in [0.29, 0.717) is 26.0 Å². The second kappa shape index (κ2) is 7.33. The Labute approximate surface area is 107 Å². The highest BCUT2D eigenvalue weighted by Gasteiger charge is 2.32. The van der Waals surface area contributed by atoms with Crippen molar-refractivity contribution < 1.29 is 19.4 Å². The van der Waals surface area contributed by atoms with Crippen LogP contribution in [0.4, 0.5) is 0 Å². The summed E-state index contributed by atoms with van der Waals surface area (Å²) in [6, 6.07) is -1.40.